The average molecular weight is 392 g/mol. The molecule has 0 atom stereocenters. The molecule has 0 unspecified atom stereocenters. The van der Waals surface area contributed by atoms with E-state index in [1.54, 1.807) is 12.1 Å². The lowest BCUT2D eigenvalue weighted by Crippen LogP contribution is -2.18. The fraction of sp³-hybridized carbons (Fsp3) is 0.111. The molecule has 0 aliphatic carbocycles. The van der Waals surface area contributed by atoms with Gasteiger partial charge in [-0.15, -0.1) is 0 Å². The molecule has 0 bridgehead atoms. The van der Waals surface area contributed by atoms with Gasteiger partial charge in [-0.2, -0.15) is 0 Å². The van der Waals surface area contributed by atoms with Crippen molar-refractivity contribution < 1.29 is 10.0 Å². The van der Waals surface area contributed by atoms with Crippen LogP contribution in [0.2, 0.25) is 10.0 Å². The first kappa shape index (κ1) is 18.3. The van der Waals surface area contributed by atoms with Gasteiger partial charge < -0.3 is 10.3 Å². The summed E-state index contributed by atoms with van der Waals surface area (Å²) in [5, 5.41) is 13.2. The Bertz CT molecular complexity index is 1090. The number of halogens is 2. The number of aryl methyl sites for hydroxylation is 1. The van der Waals surface area contributed by atoms with Crippen molar-refractivity contribution in [2.75, 3.05) is 10.8 Å². The molecule has 1 heterocycles. The second kappa shape index (κ2) is 6.99. The quantitative estimate of drug-likeness (QED) is 0.375. The summed E-state index contributed by atoms with van der Waals surface area (Å²) in [6, 6.07) is 8.25. The second-order valence-corrected chi connectivity index (χ2v) is 6.70. The molecule has 0 aliphatic rings. The molecule has 4 N–H and O–H groups in total. The lowest BCUT2D eigenvalue weighted by molar-refractivity contribution is 0.101. The van der Waals surface area contributed by atoms with Crippen molar-refractivity contribution >= 4 is 57.1 Å². The smallest absolute Gasteiger partial charge is 0.202 e. The number of anilines is 3. The topological polar surface area (TPSA) is 94.2 Å². The number of fused-ring (bicyclic) bond motifs is 1. The van der Waals surface area contributed by atoms with Gasteiger partial charge in [-0.05, 0) is 43.7 Å². The number of hydrogen-bond donors (Lipinski definition) is 4. The lowest BCUT2D eigenvalue weighted by Gasteiger charge is -2.15. The van der Waals surface area contributed by atoms with Crippen LogP contribution in [0.1, 0.15) is 22.8 Å². The van der Waals surface area contributed by atoms with Gasteiger partial charge in [0.05, 0.1) is 27.3 Å². The number of hydrogen-bond acceptors (Lipinski definition) is 5. The highest BCUT2D eigenvalue weighted by Gasteiger charge is 2.19. The van der Waals surface area contributed by atoms with Crippen LogP contribution in [0.4, 0.5) is 17.2 Å². The largest absolute Gasteiger partial charge is 0.340 e. The van der Waals surface area contributed by atoms with Crippen LogP contribution in [0, 0.1) is 6.92 Å². The number of pyridine rings is 1. The maximum Gasteiger partial charge on any atom is 0.202 e. The van der Waals surface area contributed by atoms with Gasteiger partial charge in [0, 0.05) is 5.02 Å². The Balaban J connectivity index is 2.30. The third-order valence-corrected chi connectivity index (χ3v) is 4.46. The van der Waals surface area contributed by atoms with Crippen LogP contribution in [0.5, 0.6) is 0 Å². The maximum absolute atomic E-state index is 12.9. The zero-order valence-electron chi connectivity index (χ0n) is 13.9. The van der Waals surface area contributed by atoms with Crippen LogP contribution in [0.3, 0.4) is 0 Å². The van der Waals surface area contributed by atoms with Crippen molar-refractivity contribution in [3.8, 4) is 0 Å². The fourth-order valence-corrected chi connectivity index (χ4v) is 3.23. The van der Waals surface area contributed by atoms with E-state index < -0.39 is 11.2 Å². The molecule has 0 saturated heterocycles. The van der Waals surface area contributed by atoms with E-state index in [1.165, 1.54) is 19.1 Å². The number of aromatic amines is 1. The van der Waals surface area contributed by atoms with Crippen LogP contribution >= 0.6 is 23.2 Å². The van der Waals surface area contributed by atoms with Crippen LogP contribution in [0.25, 0.3) is 10.9 Å². The van der Waals surface area contributed by atoms with Crippen LogP contribution < -0.4 is 16.2 Å². The number of rotatable bonds is 4. The molecule has 0 spiro atoms. The van der Waals surface area contributed by atoms with Crippen LogP contribution in [-0.4, -0.2) is 16.0 Å². The van der Waals surface area contributed by atoms with Gasteiger partial charge in [-0.1, -0.05) is 29.3 Å². The highest BCUT2D eigenvalue weighted by atomic mass is 35.5. The van der Waals surface area contributed by atoms with Crippen molar-refractivity contribution in [3.63, 3.8) is 0 Å². The normalized spacial score (nSPS) is 10.8. The summed E-state index contributed by atoms with van der Waals surface area (Å²) in [7, 11) is 0. The van der Waals surface area contributed by atoms with E-state index in [4.69, 9.17) is 23.2 Å². The van der Waals surface area contributed by atoms with Crippen LogP contribution in [-0.2, 0) is 0 Å². The Morgan fingerprint density at radius 3 is 2.50 bits per heavy atom. The van der Waals surface area contributed by atoms with Gasteiger partial charge in [-0.25, -0.2) is 0 Å². The molecule has 0 radical (unpaired) electrons. The molecule has 0 amide bonds. The summed E-state index contributed by atoms with van der Waals surface area (Å²) in [4.78, 5) is 27.9. The molecule has 134 valence electrons. The fourth-order valence-electron chi connectivity index (χ4n) is 2.73. The molecule has 0 fully saturated rings. The third-order valence-electron chi connectivity index (χ3n) is 3.93. The number of Topliss-reactive ketones (excluding diaryl/α,β-unsaturated/α-hetero) is 1. The minimum Gasteiger partial charge on any atom is -0.340 e. The van der Waals surface area contributed by atoms with Gasteiger partial charge in [-0.3, -0.25) is 20.3 Å². The first-order valence-corrected chi connectivity index (χ1v) is 8.41. The minimum atomic E-state index is -0.504. The highest BCUT2D eigenvalue weighted by molar-refractivity contribution is 6.33. The highest BCUT2D eigenvalue weighted by Crippen LogP contribution is 2.30. The van der Waals surface area contributed by atoms with Crippen LogP contribution in [0.15, 0.2) is 35.1 Å². The molecule has 3 rings (SSSR count). The Morgan fingerprint density at radius 1 is 1.15 bits per heavy atom. The van der Waals surface area contributed by atoms with E-state index in [9.17, 15) is 14.8 Å². The summed E-state index contributed by atoms with van der Waals surface area (Å²) in [5.74, 6) is -0.239. The monoisotopic (exact) mass is 391 g/mol. The Kier molecular flexibility index (Phi) is 4.91. The first-order chi connectivity index (χ1) is 12.3. The van der Waals surface area contributed by atoms with Crippen molar-refractivity contribution in [2.45, 2.75) is 13.8 Å². The number of carbonyl (C=O) groups excluding carboxylic acids is 1. The molecule has 26 heavy (non-hydrogen) atoms. The third kappa shape index (κ3) is 3.26. The summed E-state index contributed by atoms with van der Waals surface area (Å²) in [6.07, 6.45) is 0. The Hall–Kier alpha value is -2.54. The number of nitrogens with one attached hydrogen (secondary N) is 3. The van der Waals surface area contributed by atoms with Crippen molar-refractivity contribution in [2.24, 2.45) is 0 Å². The molecular weight excluding hydrogens is 377 g/mol. The maximum atomic E-state index is 12.9. The molecular formula is C18H15Cl2N3O3. The predicted octanol–water partition coefficient (Wildman–Crippen LogP) is 4.89. The van der Waals surface area contributed by atoms with E-state index >= 15 is 0 Å². The number of carbonyl (C=O) groups is 1. The molecule has 2 aromatic carbocycles. The van der Waals surface area contributed by atoms with Crippen molar-refractivity contribution in [3.05, 3.63) is 61.7 Å². The molecule has 0 aliphatic heterocycles. The van der Waals surface area contributed by atoms with E-state index in [-0.39, 0.29) is 27.5 Å². The number of benzene rings is 2. The summed E-state index contributed by atoms with van der Waals surface area (Å²) in [5.41, 5.74) is 3.46. The Morgan fingerprint density at radius 2 is 1.88 bits per heavy atom. The SMILES string of the molecule is CC(=O)c1c(Nc2ccc(C)cc2Cl)[nH]c2c(NO)cc(Cl)cc2c1=O. The summed E-state index contributed by atoms with van der Waals surface area (Å²) >= 11 is 12.2. The van der Waals surface area contributed by atoms with Gasteiger partial charge in [0.25, 0.3) is 0 Å². The van der Waals surface area contributed by atoms with E-state index in [0.29, 0.717) is 16.2 Å². The summed E-state index contributed by atoms with van der Waals surface area (Å²) < 4.78 is 0. The van der Waals surface area contributed by atoms with Crippen molar-refractivity contribution in [1.29, 1.82) is 0 Å². The molecule has 1 aromatic heterocycles. The van der Waals surface area contributed by atoms with Crippen molar-refractivity contribution in [1.82, 2.24) is 4.98 Å². The Labute approximate surface area is 158 Å². The zero-order chi connectivity index (χ0) is 19.0. The van der Waals surface area contributed by atoms with Gasteiger partial charge >= 0.3 is 0 Å². The lowest BCUT2D eigenvalue weighted by atomic mass is 10.1. The molecule has 8 heteroatoms. The standard InChI is InChI=1S/C18H15Cl2N3O3/c1-8-3-4-13(12(20)5-8)21-18-15(9(2)24)17(25)11-6-10(19)7-14(23-26)16(11)22-18/h3-7,23,26H,1-2H3,(H2,21,22,25). The minimum absolute atomic E-state index is 0.0553. The molecule has 0 saturated carbocycles. The zero-order valence-corrected chi connectivity index (χ0v) is 15.4. The van der Waals surface area contributed by atoms with Gasteiger partial charge in [0.1, 0.15) is 11.4 Å². The van der Waals surface area contributed by atoms with Gasteiger partial charge in [0.15, 0.2) is 5.78 Å². The predicted molar refractivity (Wildman–Crippen MR) is 104 cm³/mol. The summed E-state index contributed by atoms with van der Waals surface area (Å²) in [6.45, 7) is 3.20. The van der Waals surface area contributed by atoms with E-state index in [0.717, 1.165) is 5.56 Å². The first-order valence-electron chi connectivity index (χ1n) is 7.65. The molecule has 3 aromatic rings. The van der Waals surface area contributed by atoms with Gasteiger partial charge in [0.2, 0.25) is 5.43 Å². The van der Waals surface area contributed by atoms with E-state index in [1.807, 2.05) is 18.5 Å². The second-order valence-electron chi connectivity index (χ2n) is 5.86. The number of H-pyrrole nitrogens is 1. The number of aromatic nitrogens is 1. The number of ketones is 1. The van der Waals surface area contributed by atoms with E-state index in [2.05, 4.69) is 10.3 Å². The molecule has 6 nitrogen and oxygen atoms in total. The average Bonchev–Trinajstić information content (AvgIpc) is 2.57.